The van der Waals surface area contributed by atoms with Gasteiger partial charge in [-0.25, -0.2) is 0 Å². The molecule has 12 aromatic rings. The summed E-state index contributed by atoms with van der Waals surface area (Å²) in [6.07, 6.45) is 0. The van der Waals surface area contributed by atoms with Crippen LogP contribution in [0.5, 0.6) is 0 Å². The molecule has 0 aliphatic carbocycles. The summed E-state index contributed by atoms with van der Waals surface area (Å²) in [5.74, 6) is 0. The zero-order valence-corrected chi connectivity index (χ0v) is 38.1. The van der Waals surface area contributed by atoms with E-state index in [2.05, 4.69) is 290 Å². The van der Waals surface area contributed by atoms with E-state index < -0.39 is 0 Å². The Bertz CT molecular complexity index is 3720. The van der Waals surface area contributed by atoms with Crippen LogP contribution in [0.1, 0.15) is 0 Å². The lowest BCUT2D eigenvalue weighted by molar-refractivity contribution is 1.28. The van der Waals surface area contributed by atoms with E-state index in [4.69, 9.17) is 0 Å². The molecular weight excluding hydrogens is 831 g/mol. The van der Waals surface area contributed by atoms with Crippen LogP contribution in [0.3, 0.4) is 0 Å². The van der Waals surface area contributed by atoms with Gasteiger partial charge in [-0.2, -0.15) is 0 Å². The van der Waals surface area contributed by atoms with Crippen LogP contribution in [0.4, 0.5) is 17.1 Å². The van der Waals surface area contributed by atoms with Crippen LogP contribution in [0, 0.1) is 0 Å². The number of rotatable bonds is 10. The Morgan fingerprint density at radius 1 is 0.188 bits per heavy atom. The average molecular weight is 878 g/mol. The van der Waals surface area contributed by atoms with Crippen molar-refractivity contribution >= 4 is 38.6 Å². The minimum absolute atomic E-state index is 1.08. The Morgan fingerprint density at radius 2 is 0.565 bits per heavy atom. The van der Waals surface area contributed by atoms with Crippen LogP contribution in [-0.4, -0.2) is 0 Å². The van der Waals surface area contributed by atoms with E-state index in [1.165, 1.54) is 88.3 Å². The van der Waals surface area contributed by atoms with Gasteiger partial charge in [-0.15, -0.1) is 0 Å². The predicted octanol–water partition coefficient (Wildman–Crippen LogP) is 19.1. The van der Waals surface area contributed by atoms with E-state index in [-0.39, 0.29) is 0 Å². The van der Waals surface area contributed by atoms with Crippen LogP contribution >= 0.6 is 0 Å². The Hall–Kier alpha value is -9.04. The zero-order chi connectivity index (χ0) is 45.9. The number of benzene rings is 12. The van der Waals surface area contributed by atoms with Gasteiger partial charge in [0.05, 0.1) is 0 Å². The Balaban J connectivity index is 1.01. The molecule has 0 saturated carbocycles. The summed E-state index contributed by atoms with van der Waals surface area (Å²) in [5.41, 5.74) is 20.1. The molecule has 0 atom stereocenters. The van der Waals surface area contributed by atoms with Gasteiger partial charge >= 0.3 is 0 Å². The fourth-order valence-electron chi connectivity index (χ4n) is 10.3. The van der Waals surface area contributed by atoms with E-state index in [9.17, 15) is 0 Å². The third-order valence-electron chi connectivity index (χ3n) is 13.5. The molecule has 0 aromatic heterocycles. The SMILES string of the molecule is c1ccc(-c2cccc(N(c3ccc(-c4cccc(-c5ccccc5)c4-c4ccccc4)cc3)c3ccc(-c4cccc5c4c(-c4ccccc4)c(-c4ccccc4)c4ccccc45)cc3)c2)cc1. The first-order chi connectivity index (χ1) is 34.3. The summed E-state index contributed by atoms with van der Waals surface area (Å²) in [4.78, 5) is 2.39. The molecular formula is C68H47N. The van der Waals surface area contributed by atoms with Gasteiger partial charge in [0, 0.05) is 17.1 Å². The molecule has 0 spiro atoms. The molecule has 0 unspecified atom stereocenters. The maximum atomic E-state index is 2.39. The van der Waals surface area contributed by atoms with Crippen molar-refractivity contribution in [2.45, 2.75) is 0 Å². The second kappa shape index (κ2) is 18.3. The molecule has 0 heterocycles. The standard InChI is InChI=1S/C68H47N/c1-6-21-48(22-7-1)55-31-18-32-58(47-55)69(56-43-39-50(40-44-56)60-36-19-35-59(49-23-8-2-9-24-49)65(60)52-25-10-3-11-26-52)57-45-41-51(42-46-57)61-37-20-38-64-62-33-16-17-34-63(62)66(53-27-12-4-13-28-53)67(68(61)64)54-29-14-5-15-30-54/h1-47H. The first-order valence-electron chi connectivity index (χ1n) is 23.8. The molecule has 0 fully saturated rings. The van der Waals surface area contributed by atoms with Crippen molar-refractivity contribution in [3.8, 4) is 77.9 Å². The third kappa shape index (κ3) is 7.86. The molecule has 324 valence electrons. The van der Waals surface area contributed by atoms with Gasteiger partial charge in [-0.1, -0.05) is 249 Å². The molecule has 69 heavy (non-hydrogen) atoms. The molecule has 0 bridgehead atoms. The summed E-state index contributed by atoms with van der Waals surface area (Å²) >= 11 is 0. The molecule has 0 saturated heterocycles. The van der Waals surface area contributed by atoms with E-state index in [0.29, 0.717) is 0 Å². The molecule has 0 radical (unpaired) electrons. The average Bonchev–Trinajstić information content (AvgIpc) is 3.44. The highest BCUT2D eigenvalue weighted by Crippen LogP contribution is 2.48. The molecule has 0 aliphatic heterocycles. The second-order valence-corrected chi connectivity index (χ2v) is 17.6. The molecule has 12 rings (SSSR count). The summed E-state index contributed by atoms with van der Waals surface area (Å²) in [5, 5.41) is 5.00. The molecule has 1 heteroatoms. The Morgan fingerprint density at radius 3 is 1.13 bits per heavy atom. The summed E-state index contributed by atoms with van der Waals surface area (Å²) in [6.45, 7) is 0. The quantitative estimate of drug-likeness (QED) is 0.124. The van der Waals surface area contributed by atoms with Crippen molar-refractivity contribution in [3.63, 3.8) is 0 Å². The van der Waals surface area contributed by atoms with Gasteiger partial charge in [0.1, 0.15) is 0 Å². The van der Waals surface area contributed by atoms with E-state index >= 15 is 0 Å². The van der Waals surface area contributed by atoms with Gasteiger partial charge in [0.2, 0.25) is 0 Å². The van der Waals surface area contributed by atoms with E-state index in [0.717, 1.165) is 28.2 Å². The van der Waals surface area contributed by atoms with Crippen LogP contribution < -0.4 is 4.90 Å². The highest BCUT2D eigenvalue weighted by molar-refractivity contribution is 6.25. The van der Waals surface area contributed by atoms with Gasteiger partial charge < -0.3 is 4.90 Å². The summed E-state index contributed by atoms with van der Waals surface area (Å²) < 4.78 is 0. The van der Waals surface area contributed by atoms with E-state index in [1.807, 2.05) is 0 Å². The molecule has 0 amide bonds. The lowest BCUT2D eigenvalue weighted by Gasteiger charge is -2.27. The van der Waals surface area contributed by atoms with Crippen molar-refractivity contribution in [1.29, 1.82) is 0 Å². The number of hydrogen-bond acceptors (Lipinski definition) is 1. The topological polar surface area (TPSA) is 3.24 Å². The normalized spacial score (nSPS) is 11.2. The Kier molecular flexibility index (Phi) is 11.0. The number of fused-ring (bicyclic) bond motifs is 3. The number of anilines is 3. The second-order valence-electron chi connectivity index (χ2n) is 17.6. The van der Waals surface area contributed by atoms with Gasteiger partial charge in [-0.3, -0.25) is 0 Å². The maximum absolute atomic E-state index is 2.39. The first-order valence-corrected chi connectivity index (χ1v) is 23.8. The number of nitrogens with zero attached hydrogens (tertiary/aromatic N) is 1. The summed E-state index contributed by atoms with van der Waals surface area (Å²) in [7, 11) is 0. The fourth-order valence-corrected chi connectivity index (χ4v) is 10.3. The van der Waals surface area contributed by atoms with Gasteiger partial charge in [0.25, 0.3) is 0 Å². The van der Waals surface area contributed by atoms with Crippen molar-refractivity contribution < 1.29 is 0 Å². The van der Waals surface area contributed by atoms with Crippen LogP contribution in [-0.2, 0) is 0 Å². The van der Waals surface area contributed by atoms with Crippen LogP contribution in [0.2, 0.25) is 0 Å². The van der Waals surface area contributed by atoms with Crippen molar-refractivity contribution in [1.82, 2.24) is 0 Å². The minimum Gasteiger partial charge on any atom is -0.310 e. The van der Waals surface area contributed by atoms with Gasteiger partial charge in [0.15, 0.2) is 0 Å². The van der Waals surface area contributed by atoms with Crippen molar-refractivity contribution in [2.75, 3.05) is 4.90 Å². The maximum Gasteiger partial charge on any atom is 0.0467 e. The minimum atomic E-state index is 1.08. The zero-order valence-electron chi connectivity index (χ0n) is 38.1. The molecule has 1 nitrogen and oxygen atoms in total. The smallest absolute Gasteiger partial charge is 0.0467 e. The first kappa shape index (κ1) is 41.4. The third-order valence-corrected chi connectivity index (χ3v) is 13.5. The lowest BCUT2D eigenvalue weighted by atomic mass is 9.82. The lowest BCUT2D eigenvalue weighted by Crippen LogP contribution is -2.10. The van der Waals surface area contributed by atoms with Crippen molar-refractivity contribution in [2.24, 2.45) is 0 Å². The fraction of sp³-hybridized carbons (Fsp3) is 0. The highest BCUT2D eigenvalue weighted by atomic mass is 15.1. The summed E-state index contributed by atoms with van der Waals surface area (Å²) in [6, 6.07) is 104. The van der Waals surface area contributed by atoms with Gasteiger partial charge in [-0.05, 0) is 136 Å². The predicted molar refractivity (Wildman–Crippen MR) is 294 cm³/mol. The molecule has 0 N–H and O–H groups in total. The molecule has 0 aliphatic rings. The van der Waals surface area contributed by atoms with Crippen LogP contribution in [0.15, 0.2) is 285 Å². The highest BCUT2D eigenvalue weighted by Gasteiger charge is 2.22. The Labute approximate surface area is 404 Å². The van der Waals surface area contributed by atoms with Crippen LogP contribution in [0.25, 0.3) is 99.4 Å². The monoisotopic (exact) mass is 877 g/mol. The largest absolute Gasteiger partial charge is 0.310 e. The number of hydrogen-bond donors (Lipinski definition) is 0. The van der Waals surface area contributed by atoms with E-state index in [1.54, 1.807) is 0 Å². The molecule has 12 aromatic carbocycles. The van der Waals surface area contributed by atoms with Crippen molar-refractivity contribution in [3.05, 3.63) is 285 Å².